The van der Waals surface area contributed by atoms with Crippen LogP contribution in [0.4, 0.5) is 0 Å². The Balaban J connectivity index is 1.37. The van der Waals surface area contributed by atoms with Gasteiger partial charge >= 0.3 is 5.69 Å². The predicted molar refractivity (Wildman–Crippen MR) is 122 cm³/mol. The van der Waals surface area contributed by atoms with Crippen LogP contribution in [0.15, 0.2) is 33.0 Å². The van der Waals surface area contributed by atoms with E-state index in [-0.39, 0.29) is 22.7 Å². The van der Waals surface area contributed by atoms with Gasteiger partial charge in [-0.1, -0.05) is 6.08 Å². The molecule has 1 unspecified atom stereocenters. The van der Waals surface area contributed by atoms with Gasteiger partial charge in [0.05, 0.1) is 28.1 Å². The number of fused-ring (bicyclic) bond motifs is 1. The van der Waals surface area contributed by atoms with Gasteiger partial charge in [0, 0.05) is 17.3 Å². The Morgan fingerprint density at radius 2 is 2.15 bits per heavy atom. The van der Waals surface area contributed by atoms with E-state index >= 15 is 0 Å². The third-order valence-corrected chi connectivity index (χ3v) is 7.50. The summed E-state index contributed by atoms with van der Waals surface area (Å²) < 4.78 is 1.69. The Bertz CT molecular complexity index is 1460. The number of aromatic nitrogens is 5. The topological polar surface area (TPSA) is 141 Å². The van der Waals surface area contributed by atoms with Gasteiger partial charge in [-0.25, -0.2) is 9.78 Å². The van der Waals surface area contributed by atoms with E-state index in [9.17, 15) is 14.7 Å². The van der Waals surface area contributed by atoms with Crippen LogP contribution in [0.25, 0.3) is 11.7 Å². The summed E-state index contributed by atoms with van der Waals surface area (Å²) in [6, 6.07) is 2.55. The normalized spacial score (nSPS) is 22.1. The Morgan fingerprint density at radius 3 is 2.85 bits per heavy atom. The summed E-state index contributed by atoms with van der Waals surface area (Å²) in [5.74, 6) is -0.238. The Kier molecular flexibility index (Phi) is 4.86. The fraction of sp³-hybridized carbons (Fsp3) is 0.409. The quantitative estimate of drug-likeness (QED) is 0.439. The standard InChI is InChI=1S/C22H23N7O3S/c30-20-15(27-22(32)28-20)8-11-10-23-29-18(24-13-4-5-13)9-14(26-19(11)29)16-6-7-17(33-16)21(31)25-12-2-1-3-12/h7-10,12-13,16,30H,1-6H2,(H,25,31)(H2,27,28,32). The molecule has 1 aliphatic heterocycles. The molecule has 33 heavy (non-hydrogen) atoms. The maximum atomic E-state index is 12.6. The lowest BCUT2D eigenvalue weighted by Gasteiger charge is -2.26. The van der Waals surface area contributed by atoms with Gasteiger partial charge in [0.15, 0.2) is 11.1 Å². The van der Waals surface area contributed by atoms with Crippen LogP contribution in [0.5, 0.6) is 5.88 Å². The minimum absolute atomic E-state index is 0.00133. The van der Waals surface area contributed by atoms with E-state index in [0.29, 0.717) is 29.4 Å². The Hall–Kier alpha value is -3.34. The zero-order valence-electron chi connectivity index (χ0n) is 17.7. The molecule has 0 radical (unpaired) electrons. The third kappa shape index (κ3) is 3.97. The zero-order chi connectivity index (χ0) is 22.5. The second-order valence-electron chi connectivity index (χ2n) is 8.73. The lowest BCUT2D eigenvalue weighted by Crippen LogP contribution is -2.39. The van der Waals surface area contributed by atoms with E-state index in [4.69, 9.17) is 9.98 Å². The summed E-state index contributed by atoms with van der Waals surface area (Å²) in [4.78, 5) is 39.4. The average Bonchev–Trinajstić information content (AvgIpc) is 3.15. The maximum Gasteiger partial charge on any atom is 0.326 e. The molecule has 0 saturated heterocycles. The second-order valence-corrected chi connectivity index (χ2v) is 9.98. The van der Waals surface area contributed by atoms with Gasteiger partial charge in [0.2, 0.25) is 5.88 Å². The maximum absolute atomic E-state index is 12.6. The minimum Gasteiger partial charge on any atom is -0.493 e. The number of hydrogen-bond acceptors (Lipinski definition) is 7. The highest BCUT2D eigenvalue weighted by molar-refractivity contribution is 8.04. The highest BCUT2D eigenvalue weighted by atomic mass is 32.2. The van der Waals surface area contributed by atoms with Crippen LogP contribution < -0.4 is 21.7 Å². The molecule has 2 fully saturated rings. The fourth-order valence-electron chi connectivity index (χ4n) is 3.98. The number of allylic oxidation sites excluding steroid dienone is 1. The fourth-order valence-corrected chi connectivity index (χ4v) is 5.08. The van der Waals surface area contributed by atoms with E-state index < -0.39 is 5.69 Å². The van der Waals surface area contributed by atoms with Crippen molar-refractivity contribution in [3.05, 3.63) is 55.8 Å². The van der Waals surface area contributed by atoms with E-state index in [1.165, 1.54) is 18.2 Å². The molecule has 4 heterocycles. The molecule has 2 saturated carbocycles. The molecule has 0 bridgehead atoms. The van der Waals surface area contributed by atoms with Gasteiger partial charge in [0.1, 0.15) is 5.69 Å². The van der Waals surface area contributed by atoms with Crippen LogP contribution in [-0.4, -0.2) is 47.7 Å². The molecular weight excluding hydrogens is 442 g/mol. The lowest BCUT2D eigenvalue weighted by atomic mass is 9.93. The molecule has 1 amide bonds. The summed E-state index contributed by atoms with van der Waals surface area (Å²) in [5, 5.41) is 18.2. The van der Waals surface area contributed by atoms with Crippen molar-refractivity contribution < 1.29 is 9.90 Å². The van der Waals surface area contributed by atoms with Crippen molar-refractivity contribution >= 4 is 29.4 Å². The van der Waals surface area contributed by atoms with Gasteiger partial charge < -0.3 is 15.4 Å². The Labute approximate surface area is 191 Å². The molecule has 0 spiro atoms. The number of aromatic amines is 2. The number of nitrogens with zero attached hydrogens (tertiary/aromatic N) is 4. The van der Waals surface area contributed by atoms with E-state index in [0.717, 1.165) is 41.8 Å². The predicted octanol–water partition coefficient (Wildman–Crippen LogP) is 0.793. The number of H-pyrrole nitrogens is 2. The number of nitrogens with one attached hydrogen (secondary N) is 3. The van der Waals surface area contributed by atoms with Crippen molar-refractivity contribution in [2.24, 2.45) is 4.99 Å². The van der Waals surface area contributed by atoms with E-state index in [2.05, 4.69) is 20.4 Å². The molecule has 0 aromatic carbocycles. The number of thioether (sulfide) groups is 1. The summed E-state index contributed by atoms with van der Waals surface area (Å²) in [7, 11) is 0. The first-order valence-corrected chi connectivity index (χ1v) is 12.0. The first-order chi connectivity index (χ1) is 16.0. The van der Waals surface area contributed by atoms with Crippen LogP contribution in [0.1, 0.15) is 55.2 Å². The van der Waals surface area contributed by atoms with Crippen LogP contribution in [-0.2, 0) is 4.79 Å². The minimum atomic E-state index is -0.491. The summed E-state index contributed by atoms with van der Waals surface area (Å²) >= 11 is 1.53. The number of carbonyl (C=O) groups excluding carboxylic acids is 1. The third-order valence-electron chi connectivity index (χ3n) is 6.18. The number of amides is 1. The summed E-state index contributed by atoms with van der Waals surface area (Å²) in [6.07, 6.45) is 11.4. The second kappa shape index (κ2) is 7.91. The molecule has 4 N–H and O–H groups in total. The smallest absolute Gasteiger partial charge is 0.326 e. The highest BCUT2D eigenvalue weighted by Crippen LogP contribution is 2.43. The van der Waals surface area contributed by atoms with Crippen molar-refractivity contribution in [2.45, 2.75) is 55.9 Å². The summed E-state index contributed by atoms with van der Waals surface area (Å²) in [6.45, 7) is 0. The molecule has 3 aliphatic rings. The average molecular weight is 466 g/mol. The van der Waals surface area contributed by atoms with Crippen molar-refractivity contribution in [2.75, 3.05) is 0 Å². The van der Waals surface area contributed by atoms with Crippen LogP contribution >= 0.6 is 11.8 Å². The summed E-state index contributed by atoms with van der Waals surface area (Å²) in [5.41, 5.74) is 1.90. The van der Waals surface area contributed by atoms with Gasteiger partial charge in [-0.05, 0) is 44.6 Å². The number of aromatic hydroxyl groups is 1. The van der Waals surface area contributed by atoms with E-state index in [1.54, 1.807) is 16.8 Å². The van der Waals surface area contributed by atoms with E-state index in [1.807, 2.05) is 12.1 Å². The largest absolute Gasteiger partial charge is 0.493 e. The van der Waals surface area contributed by atoms with Crippen LogP contribution in [0.2, 0.25) is 0 Å². The molecule has 1 atom stereocenters. The van der Waals surface area contributed by atoms with Gasteiger partial charge in [0.25, 0.3) is 5.91 Å². The first-order valence-electron chi connectivity index (χ1n) is 11.2. The zero-order valence-corrected chi connectivity index (χ0v) is 18.6. The molecular formula is C22H23N7O3S. The number of rotatable bonds is 5. The van der Waals surface area contributed by atoms with Crippen LogP contribution in [0.3, 0.4) is 0 Å². The van der Waals surface area contributed by atoms with Crippen molar-refractivity contribution in [3.63, 3.8) is 0 Å². The molecule has 170 valence electrons. The van der Waals surface area contributed by atoms with Gasteiger partial charge in [-0.3, -0.25) is 14.8 Å². The lowest BCUT2D eigenvalue weighted by molar-refractivity contribution is -0.117. The molecule has 3 aromatic heterocycles. The molecule has 3 aromatic rings. The van der Waals surface area contributed by atoms with Crippen molar-refractivity contribution in [1.82, 2.24) is 29.9 Å². The van der Waals surface area contributed by atoms with Gasteiger partial charge in [-0.15, -0.1) is 11.8 Å². The molecule has 6 rings (SSSR count). The SMILES string of the molecule is O=C(NC1CCC1)C1=CCC(c2cc(=NC3CC3)n3ncc(=Cc4[nH]c(=O)[nH]c4O)c3n2)S1. The van der Waals surface area contributed by atoms with Crippen molar-refractivity contribution in [1.29, 1.82) is 0 Å². The van der Waals surface area contributed by atoms with Crippen molar-refractivity contribution in [3.8, 4) is 5.88 Å². The number of carbonyl (C=O) groups is 1. The van der Waals surface area contributed by atoms with Gasteiger partial charge in [-0.2, -0.15) is 9.61 Å². The monoisotopic (exact) mass is 465 g/mol. The molecule has 10 nitrogen and oxygen atoms in total. The first kappa shape index (κ1) is 20.3. The van der Waals surface area contributed by atoms with Crippen LogP contribution in [0, 0.1) is 0 Å². The molecule has 2 aliphatic carbocycles. The number of imidazole rings is 1. The Morgan fingerprint density at radius 1 is 1.30 bits per heavy atom. The highest BCUT2D eigenvalue weighted by Gasteiger charge is 2.29. The number of hydrogen-bond donors (Lipinski definition) is 4. The molecule has 11 heteroatoms.